The quantitative estimate of drug-likeness (QED) is 0.104. The molecule has 1 N–H and O–H groups in total. The summed E-state index contributed by atoms with van der Waals surface area (Å²) in [6, 6.07) is 10.6. The molecule has 2 heterocycles. The van der Waals surface area contributed by atoms with E-state index in [0.717, 1.165) is 24.2 Å². The predicted octanol–water partition coefficient (Wildman–Crippen LogP) is 5.45. The first-order valence-electron chi connectivity index (χ1n) is 13.2. The van der Waals surface area contributed by atoms with Gasteiger partial charge in [0.25, 0.3) is 5.78 Å². The Hall–Kier alpha value is -4.38. The number of benzene rings is 2. The van der Waals surface area contributed by atoms with Crippen molar-refractivity contribution in [2.75, 3.05) is 32.3 Å². The van der Waals surface area contributed by atoms with Gasteiger partial charge >= 0.3 is 11.9 Å². The molecule has 216 valence electrons. The lowest BCUT2D eigenvalue weighted by Gasteiger charge is -2.24. The van der Waals surface area contributed by atoms with E-state index in [1.54, 1.807) is 49.4 Å². The Morgan fingerprint density at radius 3 is 2.41 bits per heavy atom. The van der Waals surface area contributed by atoms with Gasteiger partial charge in [-0.05, 0) is 62.2 Å². The maximum Gasteiger partial charge on any atom is 0.350 e. The van der Waals surface area contributed by atoms with Gasteiger partial charge in [-0.25, -0.2) is 9.78 Å². The van der Waals surface area contributed by atoms with Crippen LogP contribution in [0.15, 0.2) is 48.0 Å². The minimum absolute atomic E-state index is 0.113. The van der Waals surface area contributed by atoms with Crippen LogP contribution >= 0.6 is 11.3 Å². The van der Waals surface area contributed by atoms with Crippen LogP contribution in [0.3, 0.4) is 0 Å². The Balaban J connectivity index is 1.87. The van der Waals surface area contributed by atoms with E-state index in [0.29, 0.717) is 47.3 Å². The zero-order valence-electron chi connectivity index (χ0n) is 23.6. The van der Waals surface area contributed by atoms with Gasteiger partial charge in [0, 0.05) is 5.56 Å². The molecule has 4 rings (SSSR count). The van der Waals surface area contributed by atoms with Crippen molar-refractivity contribution in [1.82, 2.24) is 4.98 Å². The lowest BCUT2D eigenvalue weighted by Crippen LogP contribution is -2.29. The maximum absolute atomic E-state index is 13.5. The van der Waals surface area contributed by atoms with E-state index in [-0.39, 0.29) is 21.3 Å². The van der Waals surface area contributed by atoms with Crippen molar-refractivity contribution in [2.45, 2.75) is 39.7 Å². The van der Waals surface area contributed by atoms with E-state index in [4.69, 9.17) is 18.9 Å². The van der Waals surface area contributed by atoms with Gasteiger partial charge in [0.15, 0.2) is 16.6 Å². The number of Topliss-reactive ketones (excluding diaryl/α,β-unsaturated/α-hetero) is 1. The smallest absolute Gasteiger partial charge is 0.350 e. The standard InChI is InChI=1S/C30H32N2O8S/c1-6-8-15-40-20-12-9-18(10-13-20)25(33)23-24(19-11-14-21(39-7-2)22(16-19)37-4)32(28(35)26(23)34)30-31-17(3)27(41-30)29(36)38-5/h9-14,16,24,33H,6-8,15H2,1-5H3/b25-23-. The Kier molecular flexibility index (Phi) is 9.28. The van der Waals surface area contributed by atoms with Crippen LogP contribution in [-0.2, 0) is 14.3 Å². The molecule has 1 aliphatic heterocycles. The minimum atomic E-state index is -1.07. The van der Waals surface area contributed by atoms with Gasteiger partial charge < -0.3 is 24.1 Å². The second-order valence-corrected chi connectivity index (χ2v) is 10.1. The number of carbonyl (C=O) groups excluding carboxylic acids is 3. The number of unbranched alkanes of at least 4 members (excludes halogenated alkanes) is 1. The van der Waals surface area contributed by atoms with E-state index in [2.05, 4.69) is 11.9 Å². The molecule has 1 amide bonds. The number of ketones is 1. The first-order chi connectivity index (χ1) is 19.7. The van der Waals surface area contributed by atoms with Crippen molar-refractivity contribution in [3.8, 4) is 17.2 Å². The normalized spacial score (nSPS) is 16.1. The summed E-state index contributed by atoms with van der Waals surface area (Å²) >= 11 is 0.926. The van der Waals surface area contributed by atoms with Gasteiger partial charge in [-0.15, -0.1) is 0 Å². The molecule has 0 spiro atoms. The monoisotopic (exact) mass is 580 g/mol. The van der Waals surface area contributed by atoms with Gasteiger partial charge in [-0.2, -0.15) is 0 Å². The molecule has 0 bridgehead atoms. The maximum atomic E-state index is 13.5. The van der Waals surface area contributed by atoms with Crippen LogP contribution < -0.4 is 19.1 Å². The lowest BCUT2D eigenvalue weighted by molar-refractivity contribution is -0.132. The topological polar surface area (TPSA) is 124 Å². The average Bonchev–Trinajstić information content (AvgIpc) is 3.49. The molecule has 2 aromatic carbocycles. The molecule has 1 unspecified atom stereocenters. The van der Waals surface area contributed by atoms with Crippen molar-refractivity contribution in [2.24, 2.45) is 0 Å². The molecule has 1 atom stereocenters. The highest BCUT2D eigenvalue weighted by Gasteiger charge is 2.48. The summed E-state index contributed by atoms with van der Waals surface area (Å²) in [5.41, 5.74) is 1.02. The summed E-state index contributed by atoms with van der Waals surface area (Å²) in [7, 11) is 2.73. The molecule has 0 aliphatic carbocycles. The largest absolute Gasteiger partial charge is 0.507 e. The number of hydrogen-bond donors (Lipinski definition) is 1. The number of carbonyl (C=O) groups is 3. The number of aryl methyl sites for hydroxylation is 1. The van der Waals surface area contributed by atoms with Gasteiger partial charge in [0.2, 0.25) is 0 Å². The molecular formula is C30H32N2O8S. The number of aromatic nitrogens is 1. The number of esters is 1. The molecule has 10 nitrogen and oxygen atoms in total. The third-order valence-corrected chi connectivity index (χ3v) is 7.64. The van der Waals surface area contributed by atoms with Crippen LogP contribution in [0, 0.1) is 6.92 Å². The highest BCUT2D eigenvalue weighted by atomic mass is 32.1. The average molecular weight is 581 g/mol. The number of amides is 1. The molecule has 41 heavy (non-hydrogen) atoms. The lowest BCUT2D eigenvalue weighted by atomic mass is 9.95. The van der Waals surface area contributed by atoms with Crippen molar-refractivity contribution in [1.29, 1.82) is 0 Å². The third-order valence-electron chi connectivity index (χ3n) is 6.50. The zero-order valence-corrected chi connectivity index (χ0v) is 24.4. The molecule has 1 saturated heterocycles. The van der Waals surface area contributed by atoms with Gasteiger partial charge in [0.1, 0.15) is 16.4 Å². The molecule has 3 aromatic rings. The SMILES string of the molecule is CCCCOc1ccc(/C(O)=C2/C(=O)C(=O)N(c3nc(C)c(C(=O)OC)s3)C2c2ccc(OCC)c(OC)c2)cc1. The van der Waals surface area contributed by atoms with E-state index in [9.17, 15) is 19.5 Å². The first kappa shape index (κ1) is 29.6. The van der Waals surface area contributed by atoms with Gasteiger partial charge in [0.05, 0.1) is 44.7 Å². The van der Waals surface area contributed by atoms with Crippen LogP contribution in [0.1, 0.15) is 59.2 Å². The summed E-state index contributed by atoms with van der Waals surface area (Å²) < 4.78 is 21.7. The summed E-state index contributed by atoms with van der Waals surface area (Å²) in [6.07, 6.45) is 1.90. The Morgan fingerprint density at radius 1 is 1.05 bits per heavy atom. The second kappa shape index (κ2) is 12.9. The molecule has 0 saturated carbocycles. The molecular weight excluding hydrogens is 548 g/mol. The summed E-state index contributed by atoms with van der Waals surface area (Å²) in [6.45, 7) is 6.49. The Labute approximate surface area is 242 Å². The number of anilines is 1. The summed E-state index contributed by atoms with van der Waals surface area (Å²) in [5.74, 6) is -1.27. The zero-order chi connectivity index (χ0) is 29.7. The van der Waals surface area contributed by atoms with Crippen LogP contribution in [0.2, 0.25) is 0 Å². The fourth-order valence-electron chi connectivity index (χ4n) is 4.44. The van der Waals surface area contributed by atoms with Crippen LogP contribution in [0.25, 0.3) is 5.76 Å². The molecule has 1 aromatic heterocycles. The van der Waals surface area contributed by atoms with E-state index in [1.165, 1.54) is 19.1 Å². The number of nitrogens with zero attached hydrogens (tertiary/aromatic N) is 2. The number of methoxy groups -OCH3 is 2. The van der Waals surface area contributed by atoms with E-state index >= 15 is 0 Å². The first-order valence-corrected chi connectivity index (χ1v) is 14.0. The molecule has 0 radical (unpaired) electrons. The minimum Gasteiger partial charge on any atom is -0.507 e. The molecule has 11 heteroatoms. The second-order valence-electron chi connectivity index (χ2n) is 9.14. The number of rotatable bonds is 11. The van der Waals surface area contributed by atoms with E-state index < -0.39 is 23.7 Å². The Morgan fingerprint density at radius 2 is 1.78 bits per heavy atom. The van der Waals surface area contributed by atoms with Crippen LogP contribution in [-0.4, -0.2) is 55.2 Å². The summed E-state index contributed by atoms with van der Waals surface area (Å²) in [5, 5.41) is 11.6. The number of thiazole rings is 1. The van der Waals surface area contributed by atoms with Crippen molar-refractivity contribution < 1.29 is 38.4 Å². The highest BCUT2D eigenvalue weighted by molar-refractivity contribution is 7.17. The van der Waals surface area contributed by atoms with Gasteiger partial charge in [-0.3, -0.25) is 14.5 Å². The van der Waals surface area contributed by atoms with E-state index in [1.807, 2.05) is 6.92 Å². The number of ether oxygens (including phenoxy) is 4. The molecule has 1 aliphatic rings. The van der Waals surface area contributed by atoms with Crippen LogP contribution in [0.5, 0.6) is 17.2 Å². The number of aliphatic hydroxyl groups excluding tert-OH is 1. The summed E-state index contributed by atoms with van der Waals surface area (Å²) in [4.78, 5) is 45.2. The number of aliphatic hydroxyl groups is 1. The highest BCUT2D eigenvalue weighted by Crippen LogP contribution is 2.45. The molecule has 1 fully saturated rings. The fraction of sp³-hybridized carbons (Fsp3) is 0.333. The van der Waals surface area contributed by atoms with Gasteiger partial charge in [-0.1, -0.05) is 30.7 Å². The fourth-order valence-corrected chi connectivity index (χ4v) is 5.45. The van der Waals surface area contributed by atoms with Crippen molar-refractivity contribution >= 4 is 39.9 Å². The van der Waals surface area contributed by atoms with Crippen LogP contribution in [0.4, 0.5) is 5.13 Å². The Bertz CT molecular complexity index is 1480. The van der Waals surface area contributed by atoms with Crippen molar-refractivity contribution in [3.63, 3.8) is 0 Å². The predicted molar refractivity (Wildman–Crippen MR) is 154 cm³/mol. The third kappa shape index (κ3) is 5.90. The number of hydrogen-bond acceptors (Lipinski definition) is 10. The van der Waals surface area contributed by atoms with Crippen molar-refractivity contribution in [3.05, 3.63) is 69.7 Å².